The summed E-state index contributed by atoms with van der Waals surface area (Å²) in [4.78, 5) is 2.39. The molecule has 0 amide bonds. The van der Waals surface area contributed by atoms with E-state index in [1.54, 1.807) is 13.3 Å². The first-order chi connectivity index (χ1) is 16.9. The molecule has 0 aliphatic carbocycles. The molecule has 188 valence electrons. The third-order valence-electron chi connectivity index (χ3n) is 6.61. The monoisotopic (exact) mass is 479 g/mol. The molecule has 0 saturated carbocycles. The van der Waals surface area contributed by atoms with Gasteiger partial charge in [-0.3, -0.25) is 9.58 Å². The normalized spacial score (nSPS) is 18.7. The predicted molar refractivity (Wildman–Crippen MR) is 136 cm³/mol. The summed E-state index contributed by atoms with van der Waals surface area (Å²) in [5, 5.41) is 15.4. The van der Waals surface area contributed by atoms with Crippen molar-refractivity contribution in [3.63, 3.8) is 0 Å². The first-order valence-electron chi connectivity index (χ1n) is 12.4. The van der Waals surface area contributed by atoms with Gasteiger partial charge in [-0.1, -0.05) is 23.8 Å². The molecule has 1 N–H and O–H groups in total. The second kappa shape index (κ2) is 11.6. The summed E-state index contributed by atoms with van der Waals surface area (Å²) in [7, 11) is 1.67. The van der Waals surface area contributed by atoms with Gasteiger partial charge in [0.2, 0.25) is 0 Å². The van der Waals surface area contributed by atoms with E-state index < -0.39 is 5.60 Å². The van der Waals surface area contributed by atoms with Crippen molar-refractivity contribution in [1.29, 1.82) is 0 Å². The maximum atomic E-state index is 11.2. The van der Waals surface area contributed by atoms with Crippen LogP contribution in [0.5, 0.6) is 17.2 Å². The third-order valence-corrected chi connectivity index (χ3v) is 6.61. The lowest BCUT2D eigenvalue weighted by atomic mass is 9.96. The number of methoxy groups -OCH3 is 1. The highest BCUT2D eigenvalue weighted by molar-refractivity contribution is 5.43. The average molecular weight is 480 g/mol. The summed E-state index contributed by atoms with van der Waals surface area (Å²) in [6, 6.07) is 14.2. The molecule has 1 saturated heterocycles. The lowest BCUT2D eigenvalue weighted by molar-refractivity contribution is -0.0170. The summed E-state index contributed by atoms with van der Waals surface area (Å²) >= 11 is 0. The van der Waals surface area contributed by atoms with Gasteiger partial charge in [-0.2, -0.15) is 5.10 Å². The standard InChI is InChI=1S/C28H37N3O4/c1-22-6-8-25(23(2)18-22)35-21-28(32)10-4-13-30(15-11-28)20-24-7-9-26(27(19-24)33-3)34-17-16-31-14-5-12-29-31/h5-9,12,14,18-19,32H,4,10-11,13,15-17,20-21H2,1-3H3. The fraction of sp³-hybridized carbons (Fsp3) is 0.464. The van der Waals surface area contributed by atoms with Gasteiger partial charge in [0.15, 0.2) is 11.5 Å². The number of hydrogen-bond acceptors (Lipinski definition) is 6. The maximum absolute atomic E-state index is 11.2. The molecule has 1 aliphatic rings. The Morgan fingerprint density at radius 1 is 1.00 bits per heavy atom. The number of aromatic nitrogens is 2. The second-order valence-electron chi connectivity index (χ2n) is 9.51. The number of benzene rings is 2. The van der Waals surface area contributed by atoms with E-state index in [1.807, 2.05) is 48.1 Å². The molecule has 1 aliphatic heterocycles. The van der Waals surface area contributed by atoms with E-state index in [4.69, 9.17) is 14.2 Å². The minimum atomic E-state index is -0.809. The largest absolute Gasteiger partial charge is 0.493 e. The van der Waals surface area contributed by atoms with Gasteiger partial charge in [-0.15, -0.1) is 0 Å². The fourth-order valence-corrected chi connectivity index (χ4v) is 4.58. The molecule has 0 radical (unpaired) electrons. The van der Waals surface area contributed by atoms with Gasteiger partial charge in [0.05, 0.1) is 19.3 Å². The molecule has 35 heavy (non-hydrogen) atoms. The lowest BCUT2D eigenvalue weighted by Gasteiger charge is -2.27. The molecule has 2 heterocycles. The molecule has 1 unspecified atom stereocenters. The molecule has 7 nitrogen and oxygen atoms in total. The van der Waals surface area contributed by atoms with Crippen LogP contribution in [0.4, 0.5) is 0 Å². The first kappa shape index (κ1) is 25.1. The number of aryl methyl sites for hydroxylation is 2. The van der Waals surface area contributed by atoms with Gasteiger partial charge in [0.25, 0.3) is 0 Å². The number of ether oxygens (including phenoxy) is 3. The van der Waals surface area contributed by atoms with Crippen LogP contribution in [-0.4, -0.2) is 58.8 Å². The highest BCUT2D eigenvalue weighted by Gasteiger charge is 2.31. The number of likely N-dealkylation sites (tertiary alicyclic amines) is 1. The van der Waals surface area contributed by atoms with Gasteiger partial charge >= 0.3 is 0 Å². The molecular formula is C28H37N3O4. The quantitative estimate of drug-likeness (QED) is 0.465. The van der Waals surface area contributed by atoms with Crippen LogP contribution in [-0.2, 0) is 13.1 Å². The molecule has 4 rings (SSSR count). The highest BCUT2D eigenvalue weighted by atomic mass is 16.5. The smallest absolute Gasteiger partial charge is 0.161 e. The fourth-order valence-electron chi connectivity index (χ4n) is 4.58. The zero-order valence-corrected chi connectivity index (χ0v) is 21.1. The Morgan fingerprint density at radius 3 is 2.63 bits per heavy atom. The van der Waals surface area contributed by atoms with E-state index >= 15 is 0 Å². The summed E-state index contributed by atoms with van der Waals surface area (Å²) in [6.07, 6.45) is 6.03. The van der Waals surface area contributed by atoms with Gasteiger partial charge in [0, 0.05) is 25.5 Å². The van der Waals surface area contributed by atoms with Crippen molar-refractivity contribution in [2.75, 3.05) is 33.4 Å². The van der Waals surface area contributed by atoms with E-state index in [0.717, 1.165) is 55.3 Å². The SMILES string of the molecule is COc1cc(CN2CCCC(O)(COc3ccc(C)cc3C)CC2)ccc1OCCn1cccn1. The Hall–Kier alpha value is -3.03. The van der Waals surface area contributed by atoms with Crippen molar-refractivity contribution in [1.82, 2.24) is 14.7 Å². The molecular weight excluding hydrogens is 442 g/mol. The first-order valence-corrected chi connectivity index (χ1v) is 12.4. The maximum Gasteiger partial charge on any atom is 0.161 e. The van der Waals surface area contributed by atoms with Crippen molar-refractivity contribution < 1.29 is 19.3 Å². The Bertz CT molecular complexity index is 1090. The number of rotatable bonds is 10. The molecule has 1 atom stereocenters. The van der Waals surface area contributed by atoms with Crippen LogP contribution in [0.3, 0.4) is 0 Å². The van der Waals surface area contributed by atoms with E-state index in [9.17, 15) is 5.11 Å². The molecule has 1 aromatic heterocycles. The number of hydrogen-bond donors (Lipinski definition) is 1. The minimum absolute atomic E-state index is 0.323. The van der Waals surface area contributed by atoms with E-state index in [2.05, 4.69) is 29.1 Å². The molecule has 3 aromatic rings. The van der Waals surface area contributed by atoms with Crippen LogP contribution in [0, 0.1) is 13.8 Å². The molecule has 0 bridgehead atoms. The van der Waals surface area contributed by atoms with Crippen LogP contribution < -0.4 is 14.2 Å². The van der Waals surface area contributed by atoms with Gasteiger partial charge < -0.3 is 19.3 Å². The Morgan fingerprint density at radius 2 is 1.86 bits per heavy atom. The number of nitrogens with zero attached hydrogens (tertiary/aromatic N) is 3. The van der Waals surface area contributed by atoms with Crippen molar-refractivity contribution in [2.24, 2.45) is 0 Å². The van der Waals surface area contributed by atoms with Gasteiger partial charge in [0.1, 0.15) is 19.0 Å². The molecule has 1 fully saturated rings. The van der Waals surface area contributed by atoms with Crippen molar-refractivity contribution >= 4 is 0 Å². The van der Waals surface area contributed by atoms with Crippen LogP contribution in [0.15, 0.2) is 54.9 Å². The Balaban J connectivity index is 1.29. The minimum Gasteiger partial charge on any atom is -0.493 e. The zero-order chi connectivity index (χ0) is 24.7. The van der Waals surface area contributed by atoms with Gasteiger partial charge in [-0.25, -0.2) is 0 Å². The highest BCUT2D eigenvalue weighted by Crippen LogP contribution is 2.30. The average Bonchev–Trinajstić information content (AvgIpc) is 3.29. The summed E-state index contributed by atoms with van der Waals surface area (Å²) in [6.45, 7) is 8.21. The van der Waals surface area contributed by atoms with Crippen molar-refractivity contribution in [3.05, 3.63) is 71.5 Å². The summed E-state index contributed by atoms with van der Waals surface area (Å²) in [5.74, 6) is 2.32. The van der Waals surface area contributed by atoms with Crippen molar-refractivity contribution in [2.45, 2.75) is 51.8 Å². The van der Waals surface area contributed by atoms with Crippen LogP contribution in [0.25, 0.3) is 0 Å². The summed E-state index contributed by atoms with van der Waals surface area (Å²) in [5.41, 5.74) is 2.67. The zero-order valence-electron chi connectivity index (χ0n) is 21.1. The molecule has 7 heteroatoms. The lowest BCUT2D eigenvalue weighted by Crippen LogP contribution is -2.37. The molecule has 0 spiro atoms. The van der Waals surface area contributed by atoms with E-state index in [-0.39, 0.29) is 0 Å². The van der Waals surface area contributed by atoms with Crippen LogP contribution >= 0.6 is 0 Å². The topological polar surface area (TPSA) is 69.0 Å². The van der Waals surface area contributed by atoms with E-state index in [1.165, 1.54) is 11.1 Å². The number of aliphatic hydroxyl groups is 1. The summed E-state index contributed by atoms with van der Waals surface area (Å²) < 4.78 is 19.4. The third kappa shape index (κ3) is 6.99. The van der Waals surface area contributed by atoms with Crippen LogP contribution in [0.2, 0.25) is 0 Å². The second-order valence-corrected chi connectivity index (χ2v) is 9.51. The van der Waals surface area contributed by atoms with Crippen LogP contribution in [0.1, 0.15) is 36.0 Å². The van der Waals surface area contributed by atoms with Gasteiger partial charge in [-0.05, 0) is 75.0 Å². The molecule has 2 aromatic carbocycles. The Kier molecular flexibility index (Phi) is 8.31. The predicted octanol–water partition coefficient (Wildman–Crippen LogP) is 4.38. The van der Waals surface area contributed by atoms with Crippen molar-refractivity contribution in [3.8, 4) is 17.2 Å². The Labute approximate surface area is 208 Å². The van der Waals surface area contributed by atoms with E-state index in [0.29, 0.717) is 26.2 Å².